The summed E-state index contributed by atoms with van der Waals surface area (Å²) in [5.41, 5.74) is 0. The van der Waals surface area contributed by atoms with Gasteiger partial charge in [-0.05, 0) is 27.4 Å². The molecule has 0 aromatic carbocycles. The zero-order chi connectivity index (χ0) is 12.6. The molecule has 0 aliphatic heterocycles. The molecule has 0 bridgehead atoms. The molecule has 90 valence electrons. The monoisotopic (exact) mass is 341 g/mol. The van der Waals surface area contributed by atoms with Gasteiger partial charge in [0.15, 0.2) is 5.01 Å². The summed E-state index contributed by atoms with van der Waals surface area (Å²) >= 11 is 4.69. The van der Waals surface area contributed by atoms with Gasteiger partial charge >= 0.3 is 6.18 Å². The Morgan fingerprint density at radius 2 is 2.12 bits per heavy atom. The lowest BCUT2D eigenvalue weighted by Gasteiger charge is -1.98. The third-order valence-electron chi connectivity index (χ3n) is 1.80. The first-order valence-corrected chi connectivity index (χ1v) is 6.69. The van der Waals surface area contributed by atoms with Crippen LogP contribution in [0.1, 0.15) is 19.6 Å². The molecule has 0 amide bonds. The van der Waals surface area contributed by atoms with Crippen molar-refractivity contribution in [3.63, 3.8) is 0 Å². The zero-order valence-corrected chi connectivity index (χ0v) is 11.1. The zero-order valence-electron chi connectivity index (χ0n) is 7.92. The standard InChI is InChI=1S/C9H3BrF3NOS2/c10-4-1-2-16-7(4)6(15)5-3-14-8(17-5)9(11,12)13/h1-3H. The first-order chi connectivity index (χ1) is 7.89. The average Bonchev–Trinajstić information content (AvgIpc) is 2.83. The number of hydrogen-bond acceptors (Lipinski definition) is 4. The molecular formula is C9H3BrF3NOS2. The highest BCUT2D eigenvalue weighted by Gasteiger charge is 2.35. The molecule has 0 N–H and O–H groups in total. The number of hydrogen-bond donors (Lipinski definition) is 0. The van der Waals surface area contributed by atoms with Crippen LogP contribution in [-0.4, -0.2) is 10.8 Å². The molecule has 0 unspecified atom stereocenters. The van der Waals surface area contributed by atoms with Crippen LogP contribution in [0.2, 0.25) is 0 Å². The number of alkyl halides is 3. The Hall–Kier alpha value is -0.730. The predicted octanol–water partition coefficient (Wildman–Crippen LogP) is 4.22. The molecule has 0 atom stereocenters. The molecule has 0 spiro atoms. The maximum absolute atomic E-state index is 12.3. The summed E-state index contributed by atoms with van der Waals surface area (Å²) in [6, 6.07) is 1.67. The normalized spacial score (nSPS) is 11.8. The third kappa shape index (κ3) is 2.58. The molecule has 2 aromatic rings. The third-order valence-corrected chi connectivity index (χ3v) is 4.67. The highest BCUT2D eigenvalue weighted by atomic mass is 79.9. The van der Waals surface area contributed by atoms with Gasteiger partial charge in [-0.2, -0.15) is 13.2 Å². The Morgan fingerprint density at radius 3 is 2.59 bits per heavy atom. The smallest absolute Gasteiger partial charge is 0.287 e. The fourth-order valence-corrected chi connectivity index (χ4v) is 3.38. The van der Waals surface area contributed by atoms with E-state index in [-0.39, 0.29) is 4.88 Å². The van der Waals surface area contributed by atoms with Crippen molar-refractivity contribution < 1.29 is 18.0 Å². The van der Waals surface area contributed by atoms with Crippen molar-refractivity contribution in [2.24, 2.45) is 0 Å². The van der Waals surface area contributed by atoms with Gasteiger partial charge in [0.2, 0.25) is 5.78 Å². The molecule has 0 fully saturated rings. The van der Waals surface area contributed by atoms with Crippen molar-refractivity contribution >= 4 is 44.4 Å². The lowest BCUT2D eigenvalue weighted by atomic mass is 10.3. The Labute approximate surface area is 110 Å². The van der Waals surface area contributed by atoms with Crippen molar-refractivity contribution in [3.8, 4) is 0 Å². The van der Waals surface area contributed by atoms with Crippen molar-refractivity contribution in [2.45, 2.75) is 6.18 Å². The molecule has 17 heavy (non-hydrogen) atoms. The first-order valence-electron chi connectivity index (χ1n) is 4.20. The minimum Gasteiger partial charge on any atom is -0.287 e. The van der Waals surface area contributed by atoms with Crippen LogP contribution in [0.25, 0.3) is 0 Å². The highest BCUT2D eigenvalue weighted by Crippen LogP contribution is 2.34. The Bertz CT molecular complexity index is 561. The van der Waals surface area contributed by atoms with Crippen molar-refractivity contribution in [2.75, 3.05) is 0 Å². The van der Waals surface area contributed by atoms with E-state index in [4.69, 9.17) is 0 Å². The first kappa shape index (κ1) is 12.7. The largest absolute Gasteiger partial charge is 0.443 e. The van der Waals surface area contributed by atoms with Crippen molar-refractivity contribution in [3.05, 3.63) is 36.9 Å². The fraction of sp³-hybridized carbons (Fsp3) is 0.111. The molecular weight excluding hydrogens is 339 g/mol. The minimum absolute atomic E-state index is 0.0134. The maximum Gasteiger partial charge on any atom is 0.443 e. The van der Waals surface area contributed by atoms with E-state index >= 15 is 0 Å². The molecule has 2 heterocycles. The van der Waals surface area contributed by atoms with Gasteiger partial charge in [0.25, 0.3) is 0 Å². The lowest BCUT2D eigenvalue weighted by Crippen LogP contribution is -2.03. The van der Waals surface area contributed by atoms with Crippen LogP contribution in [0.4, 0.5) is 13.2 Å². The summed E-state index contributed by atoms with van der Waals surface area (Å²) < 4.78 is 37.5. The van der Waals surface area contributed by atoms with Gasteiger partial charge in [-0.1, -0.05) is 0 Å². The van der Waals surface area contributed by atoms with E-state index in [1.807, 2.05) is 0 Å². The number of nitrogens with zero attached hydrogens (tertiary/aromatic N) is 1. The number of carbonyl (C=O) groups excluding carboxylic acids is 1. The van der Waals surface area contributed by atoms with E-state index < -0.39 is 17.0 Å². The summed E-state index contributed by atoms with van der Waals surface area (Å²) in [4.78, 5) is 15.4. The van der Waals surface area contributed by atoms with Crippen molar-refractivity contribution in [1.29, 1.82) is 0 Å². The Balaban J connectivity index is 2.33. The average molecular weight is 342 g/mol. The summed E-state index contributed by atoms with van der Waals surface area (Å²) in [6.07, 6.45) is -3.54. The van der Waals surface area contributed by atoms with Gasteiger partial charge < -0.3 is 0 Å². The number of ketones is 1. The number of thiazole rings is 1. The fourth-order valence-electron chi connectivity index (χ4n) is 1.08. The molecule has 0 radical (unpaired) electrons. The van der Waals surface area contributed by atoms with Crippen LogP contribution in [-0.2, 0) is 6.18 Å². The van der Waals surface area contributed by atoms with Gasteiger partial charge in [-0.3, -0.25) is 4.79 Å². The summed E-state index contributed by atoms with van der Waals surface area (Å²) in [6.45, 7) is 0. The van der Waals surface area contributed by atoms with E-state index in [2.05, 4.69) is 20.9 Å². The van der Waals surface area contributed by atoms with E-state index in [0.29, 0.717) is 20.7 Å². The second-order valence-corrected chi connectivity index (χ2v) is 5.76. The second-order valence-electron chi connectivity index (χ2n) is 2.95. The molecule has 2 rings (SSSR count). The molecule has 0 aliphatic rings. The summed E-state index contributed by atoms with van der Waals surface area (Å²) in [5.74, 6) is -0.445. The van der Waals surface area contributed by atoms with Gasteiger partial charge in [0.1, 0.15) is 0 Å². The molecule has 2 nitrogen and oxygen atoms in total. The topological polar surface area (TPSA) is 30.0 Å². The quantitative estimate of drug-likeness (QED) is 0.765. The number of thiophene rings is 1. The van der Waals surface area contributed by atoms with E-state index in [1.54, 1.807) is 11.4 Å². The Kier molecular flexibility index (Phi) is 3.37. The van der Waals surface area contributed by atoms with E-state index in [9.17, 15) is 18.0 Å². The van der Waals surface area contributed by atoms with Crippen LogP contribution in [0.3, 0.4) is 0 Å². The highest BCUT2D eigenvalue weighted by molar-refractivity contribution is 9.10. The molecule has 8 heteroatoms. The molecule has 0 saturated carbocycles. The SMILES string of the molecule is O=C(c1cnc(C(F)(F)F)s1)c1sccc1Br. The van der Waals surface area contributed by atoms with E-state index in [0.717, 1.165) is 6.20 Å². The number of aromatic nitrogens is 1. The van der Waals surface area contributed by atoms with Crippen molar-refractivity contribution in [1.82, 2.24) is 4.98 Å². The number of halogens is 4. The lowest BCUT2D eigenvalue weighted by molar-refractivity contribution is -0.137. The van der Waals surface area contributed by atoms with Crippen LogP contribution in [0.5, 0.6) is 0 Å². The van der Waals surface area contributed by atoms with Crippen LogP contribution in [0.15, 0.2) is 22.1 Å². The summed E-state index contributed by atoms with van der Waals surface area (Å²) in [5, 5.41) is 0.678. The number of carbonyl (C=O) groups is 1. The predicted molar refractivity (Wildman–Crippen MR) is 62.6 cm³/mol. The van der Waals surface area contributed by atoms with Crippen LogP contribution < -0.4 is 0 Å². The Morgan fingerprint density at radius 1 is 1.41 bits per heavy atom. The van der Waals surface area contributed by atoms with Gasteiger partial charge in [0.05, 0.1) is 9.75 Å². The van der Waals surface area contributed by atoms with Crippen LogP contribution >= 0.6 is 38.6 Å². The maximum atomic E-state index is 12.3. The number of rotatable bonds is 2. The molecule has 2 aromatic heterocycles. The van der Waals surface area contributed by atoms with Gasteiger partial charge in [-0.25, -0.2) is 4.98 Å². The van der Waals surface area contributed by atoms with Crippen LogP contribution in [0, 0.1) is 0 Å². The second kappa shape index (κ2) is 4.51. The van der Waals surface area contributed by atoms with Gasteiger partial charge in [0, 0.05) is 10.7 Å². The molecule has 0 saturated heterocycles. The van der Waals surface area contributed by atoms with Gasteiger partial charge in [-0.15, -0.1) is 22.7 Å². The van der Waals surface area contributed by atoms with E-state index in [1.165, 1.54) is 11.3 Å². The molecule has 0 aliphatic carbocycles. The minimum atomic E-state index is -4.50. The summed E-state index contributed by atoms with van der Waals surface area (Å²) in [7, 11) is 0.